The van der Waals surface area contributed by atoms with Crippen molar-refractivity contribution in [2.24, 2.45) is 5.92 Å². The maximum atomic E-state index is 12.1. The lowest BCUT2D eigenvalue weighted by Gasteiger charge is -2.18. The second-order valence-corrected chi connectivity index (χ2v) is 5.97. The summed E-state index contributed by atoms with van der Waals surface area (Å²) in [6, 6.07) is 3.62. The van der Waals surface area contributed by atoms with Gasteiger partial charge < -0.3 is 15.3 Å². The molecule has 20 heavy (non-hydrogen) atoms. The van der Waals surface area contributed by atoms with Crippen molar-refractivity contribution in [1.29, 1.82) is 0 Å². The number of likely N-dealkylation sites (tertiary alicyclic amines) is 1. The summed E-state index contributed by atoms with van der Waals surface area (Å²) in [7, 11) is 0. The minimum absolute atomic E-state index is 0.243. The van der Waals surface area contributed by atoms with E-state index in [-0.39, 0.29) is 12.6 Å². The van der Waals surface area contributed by atoms with E-state index in [0.29, 0.717) is 13.0 Å². The highest BCUT2D eigenvalue weighted by Crippen LogP contribution is 2.25. The van der Waals surface area contributed by atoms with E-state index in [0.717, 1.165) is 21.3 Å². The Balaban J connectivity index is 2.06. The topological polar surface area (TPSA) is 69.6 Å². The number of rotatable bonds is 2. The van der Waals surface area contributed by atoms with Gasteiger partial charge in [-0.05, 0) is 37.5 Å². The van der Waals surface area contributed by atoms with Crippen molar-refractivity contribution in [2.75, 3.05) is 18.4 Å². The van der Waals surface area contributed by atoms with Gasteiger partial charge in [0, 0.05) is 23.2 Å². The molecule has 2 rings (SSSR count). The molecule has 1 saturated heterocycles. The van der Waals surface area contributed by atoms with Crippen LogP contribution in [0.5, 0.6) is 0 Å². The molecular formula is C14H17BrN2O3. The normalized spacial score (nSPS) is 18.1. The number of halogens is 1. The molecule has 1 aliphatic rings. The SMILES string of the molecule is Cc1cc(C)c(NC(=O)N2CCC(C(=O)O)C2)cc1Br. The Labute approximate surface area is 126 Å². The maximum absolute atomic E-state index is 12.1. The van der Waals surface area contributed by atoms with Gasteiger partial charge in [-0.3, -0.25) is 4.79 Å². The van der Waals surface area contributed by atoms with Crippen molar-refractivity contribution in [2.45, 2.75) is 20.3 Å². The zero-order valence-electron chi connectivity index (χ0n) is 11.4. The van der Waals surface area contributed by atoms with Crippen LogP contribution in [-0.2, 0) is 4.79 Å². The fourth-order valence-electron chi connectivity index (χ4n) is 2.30. The molecule has 2 amide bonds. The molecular weight excluding hydrogens is 324 g/mol. The highest BCUT2D eigenvalue weighted by atomic mass is 79.9. The summed E-state index contributed by atoms with van der Waals surface area (Å²) in [5.74, 6) is -1.29. The number of aliphatic carboxylic acids is 1. The molecule has 6 heteroatoms. The highest BCUT2D eigenvalue weighted by Gasteiger charge is 2.30. The first-order chi connectivity index (χ1) is 9.38. The molecule has 0 bridgehead atoms. The summed E-state index contributed by atoms with van der Waals surface area (Å²) in [5.41, 5.74) is 2.83. The van der Waals surface area contributed by atoms with Crippen LogP contribution in [0.4, 0.5) is 10.5 Å². The van der Waals surface area contributed by atoms with Crippen LogP contribution in [0.2, 0.25) is 0 Å². The molecule has 2 N–H and O–H groups in total. The van der Waals surface area contributed by atoms with E-state index < -0.39 is 11.9 Å². The fraction of sp³-hybridized carbons (Fsp3) is 0.429. The third-order valence-corrected chi connectivity index (χ3v) is 4.43. The predicted octanol–water partition coefficient (Wildman–Crippen LogP) is 3.00. The summed E-state index contributed by atoms with van der Waals surface area (Å²) < 4.78 is 0.934. The average molecular weight is 341 g/mol. The van der Waals surface area contributed by atoms with Gasteiger partial charge in [0.15, 0.2) is 0 Å². The van der Waals surface area contributed by atoms with Crippen LogP contribution < -0.4 is 5.32 Å². The van der Waals surface area contributed by atoms with Gasteiger partial charge in [-0.15, -0.1) is 0 Å². The molecule has 0 aromatic heterocycles. The lowest BCUT2D eigenvalue weighted by Crippen LogP contribution is -2.34. The van der Waals surface area contributed by atoms with Gasteiger partial charge in [-0.25, -0.2) is 4.79 Å². The third kappa shape index (κ3) is 3.12. The Morgan fingerprint density at radius 2 is 2.05 bits per heavy atom. The molecule has 1 atom stereocenters. The second-order valence-electron chi connectivity index (χ2n) is 5.12. The number of nitrogens with one attached hydrogen (secondary N) is 1. The summed E-state index contributed by atoms with van der Waals surface area (Å²) in [6.07, 6.45) is 0.513. The quantitative estimate of drug-likeness (QED) is 0.869. The number of carboxylic acids is 1. The Kier molecular flexibility index (Phi) is 4.32. The Bertz CT molecular complexity index is 560. The zero-order chi connectivity index (χ0) is 14.9. The van der Waals surface area contributed by atoms with E-state index in [1.54, 1.807) is 4.90 Å². The number of benzene rings is 1. The van der Waals surface area contributed by atoms with Crippen LogP contribution in [0.25, 0.3) is 0 Å². The van der Waals surface area contributed by atoms with Crippen LogP contribution in [0, 0.1) is 19.8 Å². The van der Waals surface area contributed by atoms with Crippen molar-refractivity contribution in [3.8, 4) is 0 Å². The molecule has 0 radical (unpaired) electrons. The fourth-order valence-corrected chi connectivity index (χ4v) is 2.64. The smallest absolute Gasteiger partial charge is 0.321 e. The van der Waals surface area contributed by atoms with Gasteiger partial charge in [-0.1, -0.05) is 22.0 Å². The predicted molar refractivity (Wildman–Crippen MR) is 80.0 cm³/mol. The number of hydrogen-bond donors (Lipinski definition) is 2. The van der Waals surface area contributed by atoms with Crippen LogP contribution in [0.3, 0.4) is 0 Å². The molecule has 0 aliphatic carbocycles. The molecule has 1 aromatic rings. The molecule has 1 unspecified atom stereocenters. The monoisotopic (exact) mass is 340 g/mol. The number of amides is 2. The molecule has 0 saturated carbocycles. The Hall–Kier alpha value is -1.56. The van der Waals surface area contributed by atoms with Crippen LogP contribution in [0.15, 0.2) is 16.6 Å². The summed E-state index contributed by atoms with van der Waals surface area (Å²) >= 11 is 3.44. The average Bonchev–Trinajstić information content (AvgIpc) is 2.85. The van der Waals surface area contributed by atoms with Gasteiger partial charge in [0.25, 0.3) is 0 Å². The Morgan fingerprint density at radius 1 is 1.35 bits per heavy atom. The van der Waals surface area contributed by atoms with Crippen LogP contribution in [-0.4, -0.2) is 35.1 Å². The molecule has 1 aromatic carbocycles. The standard InChI is InChI=1S/C14H17BrN2O3/c1-8-5-9(2)12(6-11(8)15)16-14(20)17-4-3-10(7-17)13(18)19/h5-6,10H,3-4,7H2,1-2H3,(H,16,20)(H,18,19). The van der Waals surface area contributed by atoms with E-state index in [9.17, 15) is 9.59 Å². The van der Waals surface area contributed by atoms with Gasteiger partial charge in [0.2, 0.25) is 0 Å². The van der Waals surface area contributed by atoms with Crippen LogP contribution >= 0.6 is 15.9 Å². The Morgan fingerprint density at radius 3 is 2.65 bits per heavy atom. The summed E-state index contributed by atoms with van der Waals surface area (Å²) in [4.78, 5) is 24.6. The number of nitrogens with zero attached hydrogens (tertiary/aromatic N) is 1. The van der Waals surface area contributed by atoms with Crippen molar-refractivity contribution in [1.82, 2.24) is 4.90 Å². The first-order valence-electron chi connectivity index (χ1n) is 6.44. The molecule has 5 nitrogen and oxygen atoms in total. The van der Waals surface area contributed by atoms with E-state index in [1.165, 1.54) is 0 Å². The maximum Gasteiger partial charge on any atom is 0.321 e. The largest absolute Gasteiger partial charge is 0.481 e. The number of carbonyl (C=O) groups excluding carboxylic acids is 1. The summed E-state index contributed by atoms with van der Waals surface area (Å²) in [5, 5.41) is 11.8. The molecule has 1 heterocycles. The van der Waals surface area contributed by atoms with Crippen molar-refractivity contribution >= 4 is 33.6 Å². The number of hydrogen-bond acceptors (Lipinski definition) is 2. The first-order valence-corrected chi connectivity index (χ1v) is 7.23. The number of carboxylic acid groups (broad SMARTS) is 1. The van der Waals surface area contributed by atoms with E-state index in [1.807, 2.05) is 26.0 Å². The minimum atomic E-state index is -0.838. The molecule has 1 fully saturated rings. The van der Waals surface area contributed by atoms with Gasteiger partial charge in [0.05, 0.1) is 5.92 Å². The molecule has 0 spiro atoms. The van der Waals surface area contributed by atoms with Gasteiger partial charge in [-0.2, -0.15) is 0 Å². The number of carbonyl (C=O) groups is 2. The van der Waals surface area contributed by atoms with E-state index in [4.69, 9.17) is 5.11 Å². The highest BCUT2D eigenvalue weighted by molar-refractivity contribution is 9.10. The first kappa shape index (κ1) is 14.8. The van der Waals surface area contributed by atoms with Gasteiger partial charge in [0.1, 0.15) is 0 Å². The third-order valence-electron chi connectivity index (χ3n) is 3.57. The van der Waals surface area contributed by atoms with E-state index in [2.05, 4.69) is 21.2 Å². The number of urea groups is 1. The van der Waals surface area contributed by atoms with Crippen molar-refractivity contribution in [3.63, 3.8) is 0 Å². The molecule has 1 aliphatic heterocycles. The number of anilines is 1. The van der Waals surface area contributed by atoms with Crippen molar-refractivity contribution < 1.29 is 14.7 Å². The lowest BCUT2D eigenvalue weighted by atomic mass is 10.1. The van der Waals surface area contributed by atoms with Crippen molar-refractivity contribution in [3.05, 3.63) is 27.7 Å². The zero-order valence-corrected chi connectivity index (χ0v) is 13.0. The van der Waals surface area contributed by atoms with Crippen LogP contribution in [0.1, 0.15) is 17.5 Å². The molecule has 108 valence electrons. The van der Waals surface area contributed by atoms with E-state index >= 15 is 0 Å². The number of aryl methyl sites for hydroxylation is 2. The van der Waals surface area contributed by atoms with Gasteiger partial charge >= 0.3 is 12.0 Å². The second kappa shape index (κ2) is 5.83. The minimum Gasteiger partial charge on any atom is -0.481 e. The lowest BCUT2D eigenvalue weighted by molar-refractivity contribution is -0.141. The summed E-state index contributed by atoms with van der Waals surface area (Å²) in [6.45, 7) is 4.67.